The molecule has 1 aliphatic carbocycles. The molecule has 0 aliphatic heterocycles. The van der Waals surface area contributed by atoms with Crippen LogP contribution in [0.15, 0.2) is 218 Å². The number of para-hydroxylation sites is 3. The van der Waals surface area contributed by atoms with Gasteiger partial charge in [0.15, 0.2) is 8.07 Å². The highest BCUT2D eigenvalue weighted by atomic mass is 28.3. The minimum absolute atomic E-state index is 0.0837. The van der Waals surface area contributed by atoms with Gasteiger partial charge in [-0.1, -0.05) is 191 Å². The Morgan fingerprint density at radius 1 is 0.354 bits per heavy atom. The van der Waals surface area contributed by atoms with E-state index in [0.717, 1.165) is 0 Å². The van der Waals surface area contributed by atoms with Crippen molar-refractivity contribution in [3.8, 4) is 22.5 Å². The number of hydrogen-bond donors (Lipinski definition) is 0. The van der Waals surface area contributed by atoms with E-state index in [1.807, 2.05) is 0 Å². The molecule has 0 saturated heterocycles. The number of aromatic nitrogens is 2. The van der Waals surface area contributed by atoms with Crippen LogP contribution in [0.25, 0.3) is 66.1 Å². The summed E-state index contributed by atoms with van der Waals surface area (Å²) in [7, 11) is -2.90. The summed E-state index contributed by atoms with van der Waals surface area (Å²) >= 11 is 0. The summed E-state index contributed by atoms with van der Waals surface area (Å²) < 4.78 is 4.92. The number of rotatable bonds is 7. The second kappa shape index (κ2) is 14.9. The van der Waals surface area contributed by atoms with E-state index in [2.05, 4.69) is 255 Å². The van der Waals surface area contributed by atoms with Crippen LogP contribution in [0.3, 0.4) is 0 Å². The summed E-state index contributed by atoms with van der Waals surface area (Å²) in [6, 6.07) is 82.5. The Kier molecular flexibility index (Phi) is 9.05. The summed E-state index contributed by atoms with van der Waals surface area (Å²) in [5, 5.41) is 10.6. The van der Waals surface area contributed by atoms with E-state index >= 15 is 0 Å². The summed E-state index contributed by atoms with van der Waals surface area (Å²) in [5.41, 5.74) is 12.9. The van der Waals surface area contributed by atoms with Crippen molar-refractivity contribution in [3.05, 3.63) is 230 Å². The molecule has 0 fully saturated rings. The number of hydrogen-bond acceptors (Lipinski definition) is 0. The van der Waals surface area contributed by atoms with Crippen LogP contribution in [0.2, 0.25) is 0 Å². The maximum absolute atomic E-state index is 2.90. The van der Waals surface area contributed by atoms with Gasteiger partial charge in [0.25, 0.3) is 0 Å². The summed E-state index contributed by atoms with van der Waals surface area (Å²) in [4.78, 5) is 0. The molecule has 314 valence electrons. The molecule has 11 aromatic rings. The molecule has 0 spiro atoms. The quantitative estimate of drug-likeness (QED) is 0.112. The van der Waals surface area contributed by atoms with Crippen LogP contribution in [0.5, 0.6) is 0 Å². The summed E-state index contributed by atoms with van der Waals surface area (Å²) in [5.74, 6) is 0. The van der Waals surface area contributed by atoms with E-state index < -0.39 is 8.07 Å². The van der Waals surface area contributed by atoms with Crippen molar-refractivity contribution in [1.29, 1.82) is 0 Å². The largest absolute Gasteiger partial charge is 0.309 e. The molecule has 0 bridgehead atoms. The Morgan fingerprint density at radius 3 is 1.57 bits per heavy atom. The third-order valence-corrected chi connectivity index (χ3v) is 19.7. The Hall–Kier alpha value is -7.20. The molecule has 0 saturated carbocycles. The molecule has 2 aromatic heterocycles. The molecule has 2 nitrogen and oxygen atoms in total. The van der Waals surface area contributed by atoms with Gasteiger partial charge in [0.2, 0.25) is 0 Å². The zero-order valence-electron chi connectivity index (χ0n) is 37.6. The van der Waals surface area contributed by atoms with Gasteiger partial charge in [-0.3, -0.25) is 0 Å². The van der Waals surface area contributed by atoms with E-state index in [9.17, 15) is 0 Å². The first kappa shape index (κ1) is 39.4. The van der Waals surface area contributed by atoms with Crippen LogP contribution in [0.4, 0.5) is 0 Å². The highest BCUT2D eigenvalue weighted by Gasteiger charge is 2.44. The standard InChI is InChI=1S/C62H52N2Si/c1-61(2)38-39-62(3,4)55-42-49(35-36-54(55)61)65(46-23-10-6-11-24-46,47-25-12-7-13-26-47)48-27-18-22-45(41-48)64-57-32-17-15-29-52(57)60-50(30-19-33-59(60)64)43-34-37-58-53(40-43)51-28-14-16-31-56(51)63(58)44-20-8-5-9-21-44/h5-37,40-42H,38-39H2,1-4H3. The minimum Gasteiger partial charge on any atom is -0.309 e. The van der Waals surface area contributed by atoms with Crippen LogP contribution < -0.4 is 20.7 Å². The zero-order valence-corrected chi connectivity index (χ0v) is 38.6. The fourth-order valence-electron chi connectivity index (χ4n) is 11.6. The molecule has 0 radical (unpaired) electrons. The van der Waals surface area contributed by atoms with Gasteiger partial charge in [-0.15, -0.1) is 0 Å². The van der Waals surface area contributed by atoms with Gasteiger partial charge in [0.1, 0.15) is 0 Å². The Morgan fingerprint density at radius 2 is 0.862 bits per heavy atom. The second-order valence-electron chi connectivity index (χ2n) is 19.5. The van der Waals surface area contributed by atoms with E-state index in [1.165, 1.54) is 111 Å². The first-order valence-electron chi connectivity index (χ1n) is 23.2. The van der Waals surface area contributed by atoms with Crippen LogP contribution in [0.1, 0.15) is 51.7 Å². The number of benzene rings is 9. The van der Waals surface area contributed by atoms with Crippen LogP contribution in [-0.4, -0.2) is 17.2 Å². The fraction of sp³-hybridized carbons (Fsp3) is 0.129. The van der Waals surface area contributed by atoms with Gasteiger partial charge in [0, 0.05) is 32.9 Å². The molecular weight excluding hydrogens is 801 g/mol. The van der Waals surface area contributed by atoms with Crippen LogP contribution >= 0.6 is 0 Å². The van der Waals surface area contributed by atoms with E-state index in [1.54, 1.807) is 0 Å². The van der Waals surface area contributed by atoms with Gasteiger partial charge in [-0.25, -0.2) is 0 Å². The highest BCUT2D eigenvalue weighted by Crippen LogP contribution is 2.46. The molecule has 0 amide bonds. The van der Waals surface area contributed by atoms with Crippen molar-refractivity contribution < 1.29 is 0 Å². The molecular formula is C62H52N2Si. The molecule has 0 atom stereocenters. The lowest BCUT2D eigenvalue weighted by Crippen LogP contribution is -2.75. The van der Waals surface area contributed by atoms with Crippen molar-refractivity contribution in [2.24, 2.45) is 0 Å². The van der Waals surface area contributed by atoms with Gasteiger partial charge >= 0.3 is 0 Å². The Labute approximate surface area is 383 Å². The van der Waals surface area contributed by atoms with Crippen molar-refractivity contribution in [1.82, 2.24) is 9.13 Å². The first-order chi connectivity index (χ1) is 31.7. The Bertz CT molecular complexity index is 3550. The van der Waals surface area contributed by atoms with Gasteiger partial charge in [-0.2, -0.15) is 0 Å². The highest BCUT2D eigenvalue weighted by molar-refractivity contribution is 7.20. The molecule has 65 heavy (non-hydrogen) atoms. The minimum atomic E-state index is -2.90. The van der Waals surface area contributed by atoms with Gasteiger partial charge in [0.05, 0.1) is 22.1 Å². The molecule has 0 N–H and O–H groups in total. The average molecular weight is 853 g/mol. The predicted molar refractivity (Wildman–Crippen MR) is 279 cm³/mol. The number of fused-ring (bicyclic) bond motifs is 7. The second-order valence-corrected chi connectivity index (χ2v) is 23.3. The van der Waals surface area contributed by atoms with Gasteiger partial charge < -0.3 is 9.13 Å². The third kappa shape index (κ3) is 6.06. The molecule has 9 aromatic carbocycles. The lowest BCUT2D eigenvalue weighted by Gasteiger charge is -2.43. The van der Waals surface area contributed by atoms with Crippen LogP contribution in [-0.2, 0) is 10.8 Å². The maximum atomic E-state index is 2.63. The normalized spacial score (nSPS) is 14.6. The molecule has 3 heteroatoms. The SMILES string of the molecule is CC1(C)CCC(C)(C)c2cc([Si](c3ccccc3)(c3ccccc3)c3cccc(-n4c5ccccc5c5c(-c6ccc7c(c6)c6ccccc6n7-c6ccccc6)cccc54)c3)ccc21. The predicted octanol–water partition coefficient (Wildman–Crippen LogP) is 13.3. The lowest BCUT2D eigenvalue weighted by molar-refractivity contribution is 0.332. The van der Waals surface area contributed by atoms with E-state index in [-0.39, 0.29) is 10.8 Å². The maximum Gasteiger partial charge on any atom is 0.179 e. The van der Waals surface area contributed by atoms with Crippen LogP contribution in [0, 0.1) is 0 Å². The summed E-state index contributed by atoms with van der Waals surface area (Å²) in [6.45, 7) is 9.78. The number of nitrogens with zero attached hydrogens (tertiary/aromatic N) is 2. The fourth-order valence-corrected chi connectivity index (χ4v) is 16.4. The zero-order chi connectivity index (χ0) is 43.9. The van der Waals surface area contributed by atoms with Crippen molar-refractivity contribution in [2.45, 2.75) is 51.4 Å². The Balaban J connectivity index is 1.09. The summed E-state index contributed by atoms with van der Waals surface area (Å²) in [6.07, 6.45) is 2.37. The lowest BCUT2D eigenvalue weighted by atomic mass is 9.63. The topological polar surface area (TPSA) is 9.86 Å². The average Bonchev–Trinajstić information content (AvgIpc) is 3.87. The monoisotopic (exact) mass is 852 g/mol. The van der Waals surface area contributed by atoms with E-state index in [4.69, 9.17) is 0 Å². The molecule has 1 aliphatic rings. The van der Waals surface area contributed by atoms with Gasteiger partial charge in [-0.05, 0) is 121 Å². The van der Waals surface area contributed by atoms with Crippen molar-refractivity contribution >= 4 is 72.4 Å². The van der Waals surface area contributed by atoms with E-state index in [0.29, 0.717) is 0 Å². The third-order valence-electron chi connectivity index (χ3n) is 14.9. The van der Waals surface area contributed by atoms with Crippen molar-refractivity contribution in [3.63, 3.8) is 0 Å². The molecule has 12 rings (SSSR count). The molecule has 2 heterocycles. The molecule has 0 unspecified atom stereocenters. The smallest absolute Gasteiger partial charge is 0.179 e. The van der Waals surface area contributed by atoms with Crippen molar-refractivity contribution in [2.75, 3.05) is 0 Å². The first-order valence-corrected chi connectivity index (χ1v) is 25.2.